The molecule has 0 bridgehead atoms. The largest absolute Gasteiger partial charge is 0.480 e. The topological polar surface area (TPSA) is 114 Å². The molecule has 2 rings (SSSR count). The highest BCUT2D eigenvalue weighted by Gasteiger charge is 2.28. The molecular formula is C13H18N4O4S. The van der Waals surface area contributed by atoms with Gasteiger partial charge in [-0.05, 0) is 18.9 Å². The van der Waals surface area contributed by atoms with Crippen LogP contribution in [-0.4, -0.2) is 40.3 Å². The second-order valence-corrected chi connectivity index (χ2v) is 7.15. The summed E-state index contributed by atoms with van der Waals surface area (Å²) in [6.45, 7) is 5.02. The van der Waals surface area contributed by atoms with Crippen LogP contribution >= 0.6 is 0 Å². The van der Waals surface area contributed by atoms with E-state index in [0.717, 1.165) is 0 Å². The smallest absolute Gasteiger partial charge is 0.322 e. The predicted molar refractivity (Wildman–Crippen MR) is 79.8 cm³/mol. The molecule has 8 nitrogen and oxygen atoms in total. The van der Waals surface area contributed by atoms with Crippen molar-refractivity contribution in [2.24, 2.45) is 13.0 Å². The van der Waals surface area contributed by atoms with E-state index >= 15 is 0 Å². The molecule has 0 amide bonds. The normalized spacial score (nSPS) is 13.7. The number of hydrogen-bond acceptors (Lipinski definition) is 5. The maximum absolute atomic E-state index is 12.4. The Kier molecular flexibility index (Phi) is 4.21. The summed E-state index contributed by atoms with van der Waals surface area (Å²) >= 11 is 0. The fourth-order valence-electron chi connectivity index (χ4n) is 2.14. The van der Waals surface area contributed by atoms with Crippen molar-refractivity contribution in [3.8, 4) is 0 Å². The first-order chi connectivity index (χ1) is 10.1. The number of nitrogens with one attached hydrogen (secondary N) is 1. The number of aromatic nitrogens is 3. The van der Waals surface area contributed by atoms with Gasteiger partial charge in [0, 0.05) is 18.6 Å². The van der Waals surface area contributed by atoms with Gasteiger partial charge in [0.05, 0.1) is 5.69 Å². The maximum atomic E-state index is 12.4. The van der Waals surface area contributed by atoms with E-state index in [-0.39, 0.29) is 10.8 Å². The van der Waals surface area contributed by atoms with Crippen molar-refractivity contribution in [3.63, 3.8) is 0 Å². The van der Waals surface area contributed by atoms with Gasteiger partial charge in [-0.2, -0.15) is 9.82 Å². The molecule has 0 aliphatic heterocycles. The molecule has 0 radical (unpaired) electrons. The SMILES string of the molecule is Cc1nn(C)c2ncc(S(=O)(=O)N[C@H](C(=O)O)C(C)C)cc12. The van der Waals surface area contributed by atoms with E-state index in [2.05, 4.69) is 14.8 Å². The van der Waals surface area contributed by atoms with Crippen LogP contribution in [0.4, 0.5) is 0 Å². The highest BCUT2D eigenvalue weighted by molar-refractivity contribution is 7.89. The van der Waals surface area contributed by atoms with E-state index in [1.54, 1.807) is 32.5 Å². The minimum atomic E-state index is -3.98. The van der Waals surface area contributed by atoms with E-state index < -0.39 is 22.0 Å². The third-order valence-electron chi connectivity index (χ3n) is 3.36. The molecule has 0 fully saturated rings. The molecule has 1 atom stereocenters. The van der Waals surface area contributed by atoms with Crippen molar-refractivity contribution in [2.75, 3.05) is 0 Å². The zero-order valence-corrected chi connectivity index (χ0v) is 13.5. The molecule has 0 spiro atoms. The molecule has 2 heterocycles. The van der Waals surface area contributed by atoms with Gasteiger partial charge in [-0.1, -0.05) is 13.8 Å². The number of carboxylic acids is 1. The maximum Gasteiger partial charge on any atom is 0.322 e. The summed E-state index contributed by atoms with van der Waals surface area (Å²) in [6, 6.07) is 0.252. The number of aliphatic carboxylic acids is 1. The van der Waals surface area contributed by atoms with Crippen molar-refractivity contribution < 1.29 is 18.3 Å². The molecule has 0 saturated carbocycles. The van der Waals surface area contributed by atoms with Gasteiger partial charge in [0.1, 0.15) is 10.9 Å². The van der Waals surface area contributed by atoms with Gasteiger partial charge in [-0.15, -0.1) is 0 Å². The van der Waals surface area contributed by atoms with Gasteiger partial charge in [0.25, 0.3) is 0 Å². The quantitative estimate of drug-likeness (QED) is 0.834. The van der Waals surface area contributed by atoms with Crippen molar-refractivity contribution >= 4 is 27.0 Å². The summed E-state index contributed by atoms with van der Waals surface area (Å²) < 4.78 is 28.5. The van der Waals surface area contributed by atoms with Crippen LogP contribution in [0.3, 0.4) is 0 Å². The number of hydrogen-bond donors (Lipinski definition) is 2. The Morgan fingerprint density at radius 3 is 2.59 bits per heavy atom. The van der Waals surface area contributed by atoms with Gasteiger partial charge >= 0.3 is 5.97 Å². The monoisotopic (exact) mass is 326 g/mol. The molecule has 2 aromatic rings. The average Bonchev–Trinajstić information content (AvgIpc) is 2.70. The Balaban J connectivity index is 2.45. The minimum absolute atomic E-state index is 0.0806. The standard InChI is InChI=1S/C13H18N4O4S/c1-7(2)11(13(18)19)16-22(20,21)9-5-10-8(3)15-17(4)12(10)14-6-9/h5-7,11,16H,1-4H3,(H,18,19)/t11-/m0/s1. The third kappa shape index (κ3) is 2.95. The summed E-state index contributed by atoms with van der Waals surface area (Å²) in [5.41, 5.74) is 1.22. The van der Waals surface area contributed by atoms with Crippen LogP contribution in [0.1, 0.15) is 19.5 Å². The van der Waals surface area contributed by atoms with Gasteiger partial charge in [0.2, 0.25) is 10.0 Å². The van der Waals surface area contributed by atoms with E-state index in [0.29, 0.717) is 16.7 Å². The summed E-state index contributed by atoms with van der Waals surface area (Å²) in [5, 5.41) is 13.9. The Morgan fingerprint density at radius 2 is 2.05 bits per heavy atom. The molecular weight excluding hydrogens is 308 g/mol. The van der Waals surface area contributed by atoms with Crippen molar-refractivity contribution in [2.45, 2.75) is 31.7 Å². The Labute approximate surface area is 128 Å². The van der Waals surface area contributed by atoms with Crippen LogP contribution in [0.25, 0.3) is 11.0 Å². The number of carboxylic acid groups (broad SMARTS) is 1. The number of nitrogens with zero attached hydrogens (tertiary/aromatic N) is 3. The molecule has 0 unspecified atom stereocenters. The zero-order valence-electron chi connectivity index (χ0n) is 12.7. The number of carbonyl (C=O) groups is 1. The Bertz CT molecular complexity index is 826. The minimum Gasteiger partial charge on any atom is -0.480 e. The first-order valence-electron chi connectivity index (χ1n) is 6.68. The van der Waals surface area contributed by atoms with Crippen LogP contribution in [0.15, 0.2) is 17.2 Å². The first-order valence-corrected chi connectivity index (χ1v) is 8.16. The number of aryl methyl sites for hydroxylation is 2. The lowest BCUT2D eigenvalue weighted by Crippen LogP contribution is -2.44. The van der Waals surface area contributed by atoms with E-state index in [9.17, 15) is 13.2 Å². The first kappa shape index (κ1) is 16.4. The number of fused-ring (bicyclic) bond motifs is 1. The highest BCUT2D eigenvalue weighted by Crippen LogP contribution is 2.20. The molecule has 120 valence electrons. The Hall–Kier alpha value is -2.00. The van der Waals surface area contributed by atoms with Crippen molar-refractivity contribution in [1.82, 2.24) is 19.5 Å². The molecule has 0 aromatic carbocycles. The molecule has 2 N–H and O–H groups in total. The van der Waals surface area contributed by atoms with Gasteiger partial charge in [-0.3, -0.25) is 9.48 Å². The van der Waals surface area contributed by atoms with Gasteiger partial charge in [-0.25, -0.2) is 13.4 Å². The summed E-state index contributed by atoms with van der Waals surface area (Å²) in [5.74, 6) is -1.60. The zero-order chi connectivity index (χ0) is 16.7. The van der Waals surface area contributed by atoms with Crippen LogP contribution in [0.5, 0.6) is 0 Å². The van der Waals surface area contributed by atoms with Crippen LogP contribution in [-0.2, 0) is 21.9 Å². The fourth-order valence-corrected chi connectivity index (χ4v) is 3.45. The lowest BCUT2D eigenvalue weighted by molar-refractivity contribution is -0.140. The molecule has 0 aliphatic rings. The Morgan fingerprint density at radius 1 is 1.41 bits per heavy atom. The average molecular weight is 326 g/mol. The molecule has 22 heavy (non-hydrogen) atoms. The summed E-state index contributed by atoms with van der Waals surface area (Å²) in [6.07, 6.45) is 1.20. The van der Waals surface area contributed by atoms with Crippen LogP contribution in [0, 0.1) is 12.8 Å². The highest BCUT2D eigenvalue weighted by atomic mass is 32.2. The predicted octanol–water partition coefficient (Wildman–Crippen LogP) is 0.664. The molecule has 9 heteroatoms. The number of rotatable bonds is 5. The lowest BCUT2D eigenvalue weighted by Gasteiger charge is -2.17. The third-order valence-corrected chi connectivity index (χ3v) is 4.77. The van der Waals surface area contributed by atoms with Gasteiger partial charge < -0.3 is 5.11 Å². The summed E-state index contributed by atoms with van der Waals surface area (Å²) in [7, 11) is -2.26. The molecule has 2 aromatic heterocycles. The number of sulfonamides is 1. The lowest BCUT2D eigenvalue weighted by atomic mass is 10.1. The van der Waals surface area contributed by atoms with Crippen LogP contribution < -0.4 is 4.72 Å². The van der Waals surface area contributed by atoms with E-state index in [1.165, 1.54) is 12.3 Å². The second kappa shape index (κ2) is 5.65. The number of pyridine rings is 1. The fraction of sp³-hybridized carbons (Fsp3) is 0.462. The summed E-state index contributed by atoms with van der Waals surface area (Å²) in [4.78, 5) is 15.2. The molecule has 0 aliphatic carbocycles. The van der Waals surface area contributed by atoms with Crippen molar-refractivity contribution in [3.05, 3.63) is 18.0 Å². The van der Waals surface area contributed by atoms with E-state index in [1.807, 2.05) is 0 Å². The van der Waals surface area contributed by atoms with E-state index in [4.69, 9.17) is 5.11 Å². The van der Waals surface area contributed by atoms with Crippen LogP contribution in [0.2, 0.25) is 0 Å². The van der Waals surface area contributed by atoms with Gasteiger partial charge in [0.15, 0.2) is 5.65 Å². The second-order valence-electron chi connectivity index (χ2n) is 5.43. The molecule has 0 saturated heterocycles. The van der Waals surface area contributed by atoms with Crippen molar-refractivity contribution in [1.29, 1.82) is 0 Å².